The van der Waals surface area contributed by atoms with Crippen LogP contribution in [0.5, 0.6) is 0 Å². The van der Waals surface area contributed by atoms with E-state index < -0.39 is 0 Å². The zero-order valence-electron chi connectivity index (χ0n) is 14.6. The Kier molecular flexibility index (Phi) is 5.02. The molecule has 0 unspecified atom stereocenters. The average molecular weight is 382 g/mol. The van der Waals surface area contributed by atoms with Crippen LogP contribution < -0.4 is 10.2 Å². The first-order valence-electron chi connectivity index (χ1n) is 8.76. The van der Waals surface area contributed by atoms with E-state index in [1.807, 2.05) is 35.2 Å². The van der Waals surface area contributed by atoms with Crippen LogP contribution in [-0.4, -0.2) is 42.0 Å². The second kappa shape index (κ2) is 7.75. The van der Waals surface area contributed by atoms with Gasteiger partial charge in [0.25, 0.3) is 5.91 Å². The minimum atomic E-state index is -0.240. The molecule has 1 amide bonds. The number of carbonyl (C=O) groups is 1. The van der Waals surface area contributed by atoms with E-state index in [2.05, 4.69) is 15.2 Å². The molecule has 2 aromatic carbocycles. The maximum Gasteiger partial charge on any atom is 0.273 e. The molecule has 0 aliphatic carbocycles. The number of amides is 1. The molecular formula is C20H19FN4OS. The smallest absolute Gasteiger partial charge is 0.273 e. The lowest BCUT2D eigenvalue weighted by Gasteiger charge is -2.35. The van der Waals surface area contributed by atoms with Crippen molar-refractivity contribution in [3.8, 4) is 0 Å². The van der Waals surface area contributed by atoms with Gasteiger partial charge in [-0.05, 0) is 36.4 Å². The quantitative estimate of drug-likeness (QED) is 0.741. The third-order valence-corrected chi connectivity index (χ3v) is 5.26. The summed E-state index contributed by atoms with van der Waals surface area (Å²) in [6.45, 7) is 2.68. The van der Waals surface area contributed by atoms with Gasteiger partial charge >= 0.3 is 0 Å². The Morgan fingerprint density at radius 2 is 1.70 bits per heavy atom. The molecule has 3 aromatic rings. The summed E-state index contributed by atoms with van der Waals surface area (Å²) in [7, 11) is 0. The van der Waals surface area contributed by atoms with E-state index in [9.17, 15) is 9.18 Å². The van der Waals surface area contributed by atoms with Gasteiger partial charge in [0, 0.05) is 42.9 Å². The van der Waals surface area contributed by atoms with Crippen molar-refractivity contribution in [2.45, 2.75) is 0 Å². The molecule has 0 saturated carbocycles. The number of halogens is 1. The summed E-state index contributed by atoms with van der Waals surface area (Å²) in [5, 5.41) is 5.71. The number of anilines is 3. The van der Waals surface area contributed by atoms with Crippen LogP contribution in [0.1, 0.15) is 10.5 Å². The second-order valence-electron chi connectivity index (χ2n) is 6.28. The van der Waals surface area contributed by atoms with Crippen molar-refractivity contribution in [2.75, 3.05) is 36.4 Å². The number of aromatic nitrogens is 1. The van der Waals surface area contributed by atoms with Gasteiger partial charge in [-0.25, -0.2) is 9.37 Å². The largest absolute Gasteiger partial charge is 0.368 e. The van der Waals surface area contributed by atoms with Crippen molar-refractivity contribution in [1.82, 2.24) is 9.88 Å². The highest BCUT2D eigenvalue weighted by atomic mass is 32.1. The number of carbonyl (C=O) groups excluding carboxylic acids is 1. The minimum absolute atomic E-state index is 0.0499. The number of rotatable bonds is 4. The van der Waals surface area contributed by atoms with Gasteiger partial charge in [0.15, 0.2) is 5.13 Å². The summed E-state index contributed by atoms with van der Waals surface area (Å²) < 4.78 is 13.1. The summed E-state index contributed by atoms with van der Waals surface area (Å²) >= 11 is 1.42. The van der Waals surface area contributed by atoms with Crippen LogP contribution in [0.25, 0.3) is 0 Å². The first-order valence-corrected chi connectivity index (χ1v) is 9.64. The number of nitrogens with zero attached hydrogens (tertiary/aromatic N) is 3. The fourth-order valence-electron chi connectivity index (χ4n) is 3.06. The number of piperazine rings is 1. The lowest BCUT2D eigenvalue weighted by Crippen LogP contribution is -2.48. The zero-order valence-corrected chi connectivity index (χ0v) is 15.5. The molecule has 7 heteroatoms. The maximum atomic E-state index is 13.1. The number of hydrogen-bond donors (Lipinski definition) is 1. The number of benzene rings is 2. The maximum absolute atomic E-state index is 13.1. The zero-order chi connectivity index (χ0) is 18.6. The summed E-state index contributed by atoms with van der Waals surface area (Å²) in [5.41, 5.74) is 2.39. The Hall–Kier alpha value is -2.93. The van der Waals surface area contributed by atoms with Crippen LogP contribution in [0, 0.1) is 5.82 Å². The summed E-state index contributed by atoms with van der Waals surface area (Å²) in [6, 6.07) is 16.2. The van der Waals surface area contributed by atoms with Crippen molar-refractivity contribution in [2.24, 2.45) is 0 Å². The van der Waals surface area contributed by atoms with Gasteiger partial charge in [-0.2, -0.15) is 0 Å². The number of nitrogens with one attached hydrogen (secondary N) is 1. The molecule has 2 heterocycles. The van der Waals surface area contributed by atoms with Crippen LogP contribution in [0.4, 0.5) is 20.9 Å². The topological polar surface area (TPSA) is 48.5 Å². The molecule has 1 aliphatic rings. The first kappa shape index (κ1) is 17.5. The van der Waals surface area contributed by atoms with Crippen LogP contribution in [0.3, 0.4) is 0 Å². The van der Waals surface area contributed by atoms with Crippen molar-refractivity contribution in [3.63, 3.8) is 0 Å². The van der Waals surface area contributed by atoms with Crippen molar-refractivity contribution in [1.29, 1.82) is 0 Å². The fourth-order valence-corrected chi connectivity index (χ4v) is 3.76. The normalized spacial score (nSPS) is 14.3. The third-order valence-electron chi connectivity index (χ3n) is 4.51. The molecule has 0 bridgehead atoms. The van der Waals surface area contributed by atoms with Gasteiger partial charge in [0.05, 0.1) is 0 Å². The van der Waals surface area contributed by atoms with E-state index in [1.54, 1.807) is 17.5 Å². The highest BCUT2D eigenvalue weighted by Gasteiger charge is 2.24. The van der Waals surface area contributed by atoms with Gasteiger partial charge in [-0.3, -0.25) is 4.79 Å². The van der Waals surface area contributed by atoms with Crippen LogP contribution in [0.2, 0.25) is 0 Å². The molecule has 1 saturated heterocycles. The molecule has 1 N–H and O–H groups in total. The van der Waals surface area contributed by atoms with Gasteiger partial charge in [0.2, 0.25) is 0 Å². The SMILES string of the molecule is O=C(c1csc(Nc2ccccc2)n1)N1CCN(c2ccc(F)cc2)CC1. The fraction of sp³-hybridized carbons (Fsp3) is 0.200. The Bertz CT molecular complexity index is 905. The van der Waals surface area contributed by atoms with Crippen molar-refractivity contribution in [3.05, 3.63) is 71.5 Å². The molecule has 1 aromatic heterocycles. The lowest BCUT2D eigenvalue weighted by molar-refractivity contribution is 0.0742. The molecular weight excluding hydrogens is 363 g/mol. The van der Waals surface area contributed by atoms with Gasteiger partial charge in [0.1, 0.15) is 11.5 Å². The Labute approximate surface area is 161 Å². The lowest BCUT2D eigenvalue weighted by atomic mass is 10.2. The van der Waals surface area contributed by atoms with Crippen LogP contribution in [-0.2, 0) is 0 Å². The number of hydrogen-bond acceptors (Lipinski definition) is 5. The van der Waals surface area contributed by atoms with E-state index >= 15 is 0 Å². The molecule has 1 fully saturated rings. The standard InChI is InChI=1S/C20H19FN4OS/c21-15-6-8-17(9-7-15)24-10-12-25(13-11-24)19(26)18-14-27-20(23-18)22-16-4-2-1-3-5-16/h1-9,14H,10-13H2,(H,22,23). The molecule has 0 radical (unpaired) electrons. The Morgan fingerprint density at radius 3 is 2.41 bits per heavy atom. The summed E-state index contributed by atoms with van der Waals surface area (Å²) in [6.07, 6.45) is 0. The van der Waals surface area contributed by atoms with E-state index in [1.165, 1.54) is 23.5 Å². The highest BCUT2D eigenvalue weighted by molar-refractivity contribution is 7.14. The molecule has 138 valence electrons. The van der Waals surface area contributed by atoms with Crippen LogP contribution in [0.15, 0.2) is 60.0 Å². The van der Waals surface area contributed by atoms with E-state index in [4.69, 9.17) is 0 Å². The predicted molar refractivity (Wildman–Crippen MR) is 106 cm³/mol. The monoisotopic (exact) mass is 382 g/mol. The van der Waals surface area contributed by atoms with Crippen LogP contribution >= 0.6 is 11.3 Å². The molecule has 5 nitrogen and oxygen atoms in total. The second-order valence-corrected chi connectivity index (χ2v) is 7.14. The molecule has 27 heavy (non-hydrogen) atoms. The minimum Gasteiger partial charge on any atom is -0.368 e. The first-order chi connectivity index (χ1) is 13.2. The number of thiazole rings is 1. The third kappa shape index (κ3) is 4.09. The van der Waals surface area contributed by atoms with Crippen molar-refractivity contribution < 1.29 is 9.18 Å². The number of para-hydroxylation sites is 1. The molecule has 1 aliphatic heterocycles. The Balaban J connectivity index is 1.36. The average Bonchev–Trinajstić information content (AvgIpc) is 3.17. The van der Waals surface area contributed by atoms with Gasteiger partial charge in [-0.1, -0.05) is 18.2 Å². The van der Waals surface area contributed by atoms with Gasteiger partial charge in [-0.15, -0.1) is 11.3 Å². The van der Waals surface area contributed by atoms with E-state index in [0.717, 1.165) is 24.5 Å². The van der Waals surface area contributed by atoms with E-state index in [0.29, 0.717) is 23.9 Å². The Morgan fingerprint density at radius 1 is 1.00 bits per heavy atom. The molecule has 0 spiro atoms. The predicted octanol–water partition coefficient (Wildman–Crippen LogP) is 3.99. The molecule has 0 atom stereocenters. The van der Waals surface area contributed by atoms with E-state index in [-0.39, 0.29) is 11.7 Å². The van der Waals surface area contributed by atoms with Crippen molar-refractivity contribution >= 4 is 33.8 Å². The highest BCUT2D eigenvalue weighted by Crippen LogP contribution is 2.22. The molecule has 4 rings (SSSR count). The summed E-state index contributed by atoms with van der Waals surface area (Å²) in [4.78, 5) is 21.1. The van der Waals surface area contributed by atoms with Gasteiger partial charge < -0.3 is 15.1 Å². The summed E-state index contributed by atoms with van der Waals surface area (Å²) in [5.74, 6) is -0.290.